The summed E-state index contributed by atoms with van der Waals surface area (Å²) in [4.78, 5) is 28.1. The minimum Gasteiger partial charge on any atom is -0.375 e. The lowest BCUT2D eigenvalue weighted by Crippen LogP contribution is -2.49. The van der Waals surface area contributed by atoms with E-state index in [0.29, 0.717) is 13.1 Å². The summed E-state index contributed by atoms with van der Waals surface area (Å²) in [5.41, 5.74) is 3.38. The molecule has 3 aliphatic rings. The molecule has 0 radical (unpaired) electrons. The first-order valence-electron chi connectivity index (χ1n) is 11.8. The zero-order valence-electron chi connectivity index (χ0n) is 19.2. The molecule has 2 saturated heterocycles. The van der Waals surface area contributed by atoms with Crippen molar-refractivity contribution in [1.29, 1.82) is 0 Å². The number of anilines is 2. The van der Waals surface area contributed by atoms with Gasteiger partial charge in [-0.05, 0) is 30.7 Å². The summed E-state index contributed by atoms with van der Waals surface area (Å²) >= 11 is 0. The summed E-state index contributed by atoms with van der Waals surface area (Å²) in [6, 6.07) is 8.43. The molecule has 1 atom stereocenters. The number of hydrogen-bond donors (Lipinski definition) is 1. The maximum atomic E-state index is 12.0. The summed E-state index contributed by atoms with van der Waals surface area (Å²) in [5, 5.41) is 3.40. The number of carbonyl (C=O) groups is 1. The van der Waals surface area contributed by atoms with Crippen LogP contribution in [0, 0.1) is 0 Å². The highest BCUT2D eigenvalue weighted by molar-refractivity contribution is 5.77. The quantitative estimate of drug-likeness (QED) is 0.689. The van der Waals surface area contributed by atoms with Crippen LogP contribution in [0.2, 0.25) is 0 Å². The van der Waals surface area contributed by atoms with Gasteiger partial charge in [0.05, 0.1) is 12.7 Å². The van der Waals surface area contributed by atoms with Crippen LogP contribution in [0.4, 0.5) is 11.5 Å². The largest absolute Gasteiger partial charge is 0.375 e. The van der Waals surface area contributed by atoms with Crippen LogP contribution in [0.25, 0.3) is 11.4 Å². The Hall–Kier alpha value is -2.75. The normalized spacial score (nSPS) is 20.8. The van der Waals surface area contributed by atoms with Crippen molar-refractivity contribution < 1.29 is 14.3 Å². The number of aromatic nitrogens is 2. The number of carbonyl (C=O) groups excluding carboxylic acids is 1. The van der Waals surface area contributed by atoms with Crippen molar-refractivity contribution in [2.24, 2.45) is 0 Å². The Balaban J connectivity index is 1.24. The van der Waals surface area contributed by atoms with E-state index in [1.165, 1.54) is 5.56 Å². The number of piperazine rings is 1. The molecule has 33 heavy (non-hydrogen) atoms. The van der Waals surface area contributed by atoms with Crippen molar-refractivity contribution >= 4 is 17.4 Å². The number of ether oxygens (including phenoxy) is 2. The Labute approximate surface area is 194 Å². The Bertz CT molecular complexity index is 955. The maximum Gasteiger partial charge on any atom is 0.248 e. The van der Waals surface area contributed by atoms with Crippen LogP contribution in [0.15, 0.2) is 30.5 Å². The molecule has 0 saturated carbocycles. The van der Waals surface area contributed by atoms with Crippen molar-refractivity contribution in [3.05, 3.63) is 36.0 Å². The Morgan fingerprint density at radius 2 is 2.00 bits per heavy atom. The highest BCUT2D eigenvalue weighted by Gasteiger charge is 2.26. The van der Waals surface area contributed by atoms with Gasteiger partial charge in [0.25, 0.3) is 0 Å². The van der Waals surface area contributed by atoms with E-state index in [0.717, 1.165) is 75.2 Å². The smallest absolute Gasteiger partial charge is 0.248 e. The number of morpholine rings is 1. The van der Waals surface area contributed by atoms with E-state index in [9.17, 15) is 4.79 Å². The molecule has 1 aromatic heterocycles. The van der Waals surface area contributed by atoms with Crippen molar-refractivity contribution in [1.82, 2.24) is 20.2 Å². The second-order valence-electron chi connectivity index (χ2n) is 8.78. The zero-order valence-corrected chi connectivity index (χ0v) is 19.2. The number of nitrogens with one attached hydrogen (secondary N) is 1. The van der Waals surface area contributed by atoms with E-state index in [1.807, 2.05) is 11.1 Å². The molecule has 3 aliphatic heterocycles. The molecule has 0 unspecified atom stereocenters. The fourth-order valence-corrected chi connectivity index (χ4v) is 4.76. The monoisotopic (exact) mass is 452 g/mol. The van der Waals surface area contributed by atoms with Gasteiger partial charge in [0.1, 0.15) is 12.4 Å². The van der Waals surface area contributed by atoms with E-state index in [1.54, 1.807) is 7.11 Å². The third-order valence-electron chi connectivity index (χ3n) is 6.61. The number of methoxy groups -OCH3 is 1. The third-order valence-corrected chi connectivity index (χ3v) is 6.61. The van der Waals surface area contributed by atoms with Gasteiger partial charge in [-0.3, -0.25) is 4.79 Å². The average molecular weight is 453 g/mol. The lowest BCUT2D eigenvalue weighted by molar-refractivity contribution is -0.135. The number of fused-ring (bicyclic) bond motifs is 1. The summed E-state index contributed by atoms with van der Waals surface area (Å²) in [5.74, 6) is 1.85. The number of amides is 1. The molecule has 0 bridgehead atoms. The van der Waals surface area contributed by atoms with Crippen LogP contribution >= 0.6 is 0 Å². The van der Waals surface area contributed by atoms with Crippen molar-refractivity contribution in [2.75, 3.05) is 82.5 Å². The SMILES string of the molecule is COCC(=O)N1CCN(c2ccc(-c3ncc4c(n3)N(C[C@H]3CNCCO3)CC4)cc2)CC1. The molecule has 2 fully saturated rings. The molecule has 1 aromatic carbocycles. The summed E-state index contributed by atoms with van der Waals surface area (Å²) in [6.07, 6.45) is 3.16. The van der Waals surface area contributed by atoms with Crippen molar-refractivity contribution in [3.63, 3.8) is 0 Å². The van der Waals surface area contributed by atoms with Gasteiger partial charge in [0.15, 0.2) is 5.82 Å². The minimum atomic E-state index is 0.0570. The van der Waals surface area contributed by atoms with Gasteiger partial charge in [0.2, 0.25) is 5.91 Å². The van der Waals surface area contributed by atoms with Gasteiger partial charge in [-0.15, -0.1) is 0 Å². The van der Waals surface area contributed by atoms with Crippen LogP contribution in [0.1, 0.15) is 5.56 Å². The van der Waals surface area contributed by atoms with Gasteiger partial charge in [-0.25, -0.2) is 9.97 Å². The Morgan fingerprint density at radius 3 is 2.73 bits per heavy atom. The number of rotatable bonds is 6. The molecule has 2 aromatic rings. The summed E-state index contributed by atoms with van der Waals surface area (Å²) in [6.45, 7) is 7.62. The highest BCUT2D eigenvalue weighted by Crippen LogP contribution is 2.29. The first-order valence-corrected chi connectivity index (χ1v) is 11.8. The highest BCUT2D eigenvalue weighted by atomic mass is 16.5. The first-order chi connectivity index (χ1) is 16.2. The van der Waals surface area contributed by atoms with Gasteiger partial charge in [0, 0.05) is 82.5 Å². The van der Waals surface area contributed by atoms with E-state index < -0.39 is 0 Å². The molecule has 9 nitrogen and oxygen atoms in total. The van der Waals surface area contributed by atoms with Gasteiger partial charge >= 0.3 is 0 Å². The number of nitrogens with zero attached hydrogens (tertiary/aromatic N) is 5. The lowest BCUT2D eigenvalue weighted by atomic mass is 10.1. The molecule has 9 heteroatoms. The average Bonchev–Trinajstić information content (AvgIpc) is 3.27. The van der Waals surface area contributed by atoms with Gasteiger partial charge < -0.3 is 29.5 Å². The maximum absolute atomic E-state index is 12.0. The second-order valence-corrected chi connectivity index (χ2v) is 8.78. The predicted molar refractivity (Wildman–Crippen MR) is 127 cm³/mol. The number of hydrogen-bond acceptors (Lipinski definition) is 8. The minimum absolute atomic E-state index is 0.0570. The third kappa shape index (κ3) is 4.95. The molecule has 1 N–H and O–H groups in total. The molecule has 0 spiro atoms. The molecule has 0 aliphatic carbocycles. The van der Waals surface area contributed by atoms with Gasteiger partial charge in [-0.1, -0.05) is 0 Å². The topological polar surface area (TPSA) is 83.1 Å². The second kappa shape index (κ2) is 10.0. The standard InChI is InChI=1S/C24H32N6O3/c1-32-17-22(31)29-11-9-28(10-12-29)20-4-2-18(3-5-20)23-26-14-19-6-8-30(24(19)27-23)16-21-15-25-7-13-33-21/h2-5,14,21,25H,6-13,15-17H2,1H3/t21-/m1/s1. The predicted octanol–water partition coefficient (Wildman–Crippen LogP) is 0.790. The zero-order chi connectivity index (χ0) is 22.6. The molecular formula is C24H32N6O3. The molecule has 5 rings (SSSR count). The van der Waals surface area contributed by atoms with E-state index in [4.69, 9.17) is 14.5 Å². The number of benzene rings is 1. The fourth-order valence-electron chi connectivity index (χ4n) is 4.76. The summed E-state index contributed by atoms with van der Waals surface area (Å²) < 4.78 is 10.9. The van der Waals surface area contributed by atoms with Crippen LogP contribution in [0.3, 0.4) is 0 Å². The molecule has 1 amide bonds. The first kappa shape index (κ1) is 22.1. The van der Waals surface area contributed by atoms with Crippen molar-refractivity contribution in [2.45, 2.75) is 12.5 Å². The van der Waals surface area contributed by atoms with Gasteiger partial charge in [-0.2, -0.15) is 0 Å². The van der Waals surface area contributed by atoms with Crippen LogP contribution < -0.4 is 15.1 Å². The van der Waals surface area contributed by atoms with Crippen LogP contribution in [-0.4, -0.2) is 99.6 Å². The Morgan fingerprint density at radius 1 is 1.18 bits per heavy atom. The van der Waals surface area contributed by atoms with E-state index in [-0.39, 0.29) is 18.6 Å². The van der Waals surface area contributed by atoms with Crippen molar-refractivity contribution in [3.8, 4) is 11.4 Å². The van der Waals surface area contributed by atoms with Crippen LogP contribution in [0.5, 0.6) is 0 Å². The molecular weight excluding hydrogens is 420 g/mol. The lowest BCUT2D eigenvalue weighted by Gasteiger charge is -2.36. The van der Waals surface area contributed by atoms with E-state index in [2.05, 4.69) is 44.4 Å². The Kier molecular flexibility index (Phi) is 6.70. The van der Waals surface area contributed by atoms with E-state index >= 15 is 0 Å². The summed E-state index contributed by atoms with van der Waals surface area (Å²) in [7, 11) is 1.56. The molecule has 4 heterocycles. The van der Waals surface area contributed by atoms with Crippen LogP contribution in [-0.2, 0) is 20.7 Å². The molecule has 176 valence electrons. The fraction of sp³-hybridized carbons (Fsp3) is 0.542.